The number of aliphatic hydroxyl groups is 1. The second-order valence-electron chi connectivity index (χ2n) is 6.48. The molecule has 0 aromatic heterocycles. The van der Waals surface area contributed by atoms with Gasteiger partial charge >= 0.3 is 0 Å². The number of rotatable bonds is 6. The average molecular weight is 265 g/mol. The molecule has 3 heteroatoms. The van der Waals surface area contributed by atoms with Gasteiger partial charge in [0.25, 0.3) is 0 Å². The predicted octanol–water partition coefficient (Wildman–Crippen LogP) is 2.86. The van der Waals surface area contributed by atoms with E-state index in [-0.39, 0.29) is 23.3 Å². The number of nitrogens with one attached hydrogen (secondary N) is 1. The Kier molecular flexibility index (Phi) is 4.26. The number of aliphatic hydroxyl groups excluding tert-OH is 1. The van der Waals surface area contributed by atoms with Crippen LogP contribution in [0.3, 0.4) is 0 Å². The molecule has 0 amide bonds. The summed E-state index contributed by atoms with van der Waals surface area (Å²) < 4.78 is 13.8. The van der Waals surface area contributed by atoms with Crippen molar-refractivity contribution in [3.05, 3.63) is 35.6 Å². The zero-order valence-electron chi connectivity index (χ0n) is 11.9. The molecule has 0 atom stereocenters. The van der Waals surface area contributed by atoms with Crippen molar-refractivity contribution in [3.63, 3.8) is 0 Å². The molecule has 0 saturated heterocycles. The van der Waals surface area contributed by atoms with E-state index in [0.717, 1.165) is 31.5 Å². The van der Waals surface area contributed by atoms with Gasteiger partial charge in [-0.05, 0) is 24.5 Å². The van der Waals surface area contributed by atoms with Crippen LogP contribution in [0.15, 0.2) is 24.3 Å². The van der Waals surface area contributed by atoms with Crippen LogP contribution in [0.5, 0.6) is 0 Å². The van der Waals surface area contributed by atoms with Crippen LogP contribution in [0.4, 0.5) is 4.39 Å². The third-order valence-corrected chi connectivity index (χ3v) is 4.42. The normalized spacial score (nSPS) is 18.1. The van der Waals surface area contributed by atoms with Gasteiger partial charge in [0.1, 0.15) is 5.82 Å². The SMILES string of the molecule is CC(C)(CNCC1(CO)CCC1)c1ccccc1F. The van der Waals surface area contributed by atoms with E-state index in [9.17, 15) is 9.50 Å². The second-order valence-corrected chi connectivity index (χ2v) is 6.48. The van der Waals surface area contributed by atoms with E-state index in [1.165, 1.54) is 12.5 Å². The average Bonchev–Trinajstić information content (AvgIpc) is 2.33. The fourth-order valence-corrected chi connectivity index (χ4v) is 2.81. The third-order valence-electron chi connectivity index (χ3n) is 4.42. The summed E-state index contributed by atoms with van der Waals surface area (Å²) in [6, 6.07) is 6.96. The van der Waals surface area contributed by atoms with Crippen molar-refractivity contribution in [1.29, 1.82) is 0 Å². The van der Waals surface area contributed by atoms with Gasteiger partial charge in [0, 0.05) is 30.5 Å². The van der Waals surface area contributed by atoms with Crippen LogP contribution in [-0.2, 0) is 5.41 Å². The van der Waals surface area contributed by atoms with E-state index >= 15 is 0 Å². The van der Waals surface area contributed by atoms with Gasteiger partial charge in [-0.3, -0.25) is 0 Å². The van der Waals surface area contributed by atoms with Gasteiger partial charge in [-0.2, -0.15) is 0 Å². The van der Waals surface area contributed by atoms with Crippen LogP contribution in [0.25, 0.3) is 0 Å². The lowest BCUT2D eigenvalue weighted by atomic mass is 9.69. The Hall–Kier alpha value is -0.930. The van der Waals surface area contributed by atoms with Crippen LogP contribution in [0.2, 0.25) is 0 Å². The summed E-state index contributed by atoms with van der Waals surface area (Å²) in [5, 5.41) is 12.8. The van der Waals surface area contributed by atoms with Crippen molar-refractivity contribution in [1.82, 2.24) is 5.32 Å². The Morgan fingerprint density at radius 2 is 2.00 bits per heavy atom. The molecule has 1 aromatic carbocycles. The molecule has 106 valence electrons. The molecule has 2 N–H and O–H groups in total. The third kappa shape index (κ3) is 3.15. The number of hydrogen-bond donors (Lipinski definition) is 2. The first-order valence-electron chi connectivity index (χ1n) is 7.06. The van der Waals surface area contributed by atoms with Crippen molar-refractivity contribution >= 4 is 0 Å². The Morgan fingerprint density at radius 1 is 1.32 bits per heavy atom. The fraction of sp³-hybridized carbons (Fsp3) is 0.625. The zero-order valence-corrected chi connectivity index (χ0v) is 11.9. The standard InChI is InChI=1S/C16H24FNO/c1-15(2,13-6-3-4-7-14(13)17)10-18-11-16(12-19)8-5-9-16/h3-4,6-7,18-19H,5,8-12H2,1-2H3. The van der Waals surface area contributed by atoms with E-state index < -0.39 is 0 Å². The van der Waals surface area contributed by atoms with Gasteiger partial charge in [0.2, 0.25) is 0 Å². The molecule has 1 saturated carbocycles. The van der Waals surface area contributed by atoms with Crippen LogP contribution in [-0.4, -0.2) is 24.8 Å². The molecule has 0 bridgehead atoms. The maximum atomic E-state index is 13.8. The van der Waals surface area contributed by atoms with Gasteiger partial charge in [-0.1, -0.05) is 38.5 Å². The minimum absolute atomic E-state index is 0.0747. The molecule has 0 unspecified atom stereocenters. The molecule has 1 aliphatic carbocycles. The highest BCUT2D eigenvalue weighted by molar-refractivity contribution is 5.25. The van der Waals surface area contributed by atoms with E-state index in [4.69, 9.17) is 0 Å². The lowest BCUT2D eigenvalue weighted by Crippen LogP contribution is -2.45. The van der Waals surface area contributed by atoms with Crippen molar-refractivity contribution in [2.24, 2.45) is 5.41 Å². The first kappa shape index (κ1) is 14.5. The van der Waals surface area contributed by atoms with Crippen molar-refractivity contribution < 1.29 is 9.50 Å². The van der Waals surface area contributed by atoms with Gasteiger partial charge in [-0.25, -0.2) is 4.39 Å². The van der Waals surface area contributed by atoms with Crippen LogP contribution in [0.1, 0.15) is 38.7 Å². The quantitative estimate of drug-likeness (QED) is 0.829. The first-order chi connectivity index (χ1) is 8.99. The monoisotopic (exact) mass is 265 g/mol. The highest BCUT2D eigenvalue weighted by Gasteiger charge is 2.36. The molecule has 1 aliphatic rings. The largest absolute Gasteiger partial charge is 0.396 e. The minimum atomic E-state index is -0.244. The molecule has 19 heavy (non-hydrogen) atoms. The molecular weight excluding hydrogens is 241 g/mol. The molecule has 1 fully saturated rings. The van der Waals surface area contributed by atoms with Crippen LogP contribution < -0.4 is 5.32 Å². The highest BCUT2D eigenvalue weighted by Crippen LogP contribution is 2.39. The topological polar surface area (TPSA) is 32.3 Å². The molecule has 0 heterocycles. The molecule has 1 aromatic rings. The summed E-state index contributed by atoms with van der Waals surface area (Å²) >= 11 is 0. The Labute approximate surface area is 115 Å². The van der Waals surface area contributed by atoms with E-state index in [1.54, 1.807) is 6.07 Å². The maximum Gasteiger partial charge on any atom is 0.126 e. The van der Waals surface area contributed by atoms with Crippen molar-refractivity contribution in [2.45, 2.75) is 38.5 Å². The summed E-state index contributed by atoms with van der Waals surface area (Å²) in [6.45, 7) is 5.88. The molecule has 0 spiro atoms. The Balaban J connectivity index is 1.93. The molecular formula is C16H24FNO. The fourth-order valence-electron chi connectivity index (χ4n) is 2.81. The number of hydrogen-bond acceptors (Lipinski definition) is 2. The summed E-state index contributed by atoms with van der Waals surface area (Å²) in [7, 11) is 0. The van der Waals surface area contributed by atoms with Crippen molar-refractivity contribution in [2.75, 3.05) is 19.7 Å². The summed E-state index contributed by atoms with van der Waals surface area (Å²) in [5.74, 6) is -0.144. The van der Waals surface area contributed by atoms with Gasteiger partial charge in [-0.15, -0.1) is 0 Å². The van der Waals surface area contributed by atoms with E-state index in [0.29, 0.717) is 0 Å². The lowest BCUT2D eigenvalue weighted by Gasteiger charge is -2.41. The smallest absolute Gasteiger partial charge is 0.126 e. The Bertz CT molecular complexity index is 421. The first-order valence-corrected chi connectivity index (χ1v) is 7.06. The van der Waals surface area contributed by atoms with Crippen molar-refractivity contribution in [3.8, 4) is 0 Å². The van der Waals surface area contributed by atoms with E-state index in [2.05, 4.69) is 5.32 Å². The molecule has 2 rings (SSSR count). The summed E-state index contributed by atoms with van der Waals surface area (Å²) in [5.41, 5.74) is 0.575. The summed E-state index contributed by atoms with van der Waals surface area (Å²) in [6.07, 6.45) is 3.40. The van der Waals surface area contributed by atoms with Gasteiger partial charge in [0.15, 0.2) is 0 Å². The number of benzene rings is 1. The molecule has 2 nitrogen and oxygen atoms in total. The van der Waals surface area contributed by atoms with Crippen LogP contribution in [0, 0.1) is 11.2 Å². The van der Waals surface area contributed by atoms with E-state index in [1.807, 2.05) is 26.0 Å². The zero-order chi connectivity index (χ0) is 13.9. The Morgan fingerprint density at radius 3 is 2.53 bits per heavy atom. The van der Waals surface area contributed by atoms with Gasteiger partial charge in [0.05, 0.1) is 0 Å². The highest BCUT2D eigenvalue weighted by atomic mass is 19.1. The molecule has 0 aliphatic heterocycles. The molecule has 0 radical (unpaired) electrons. The van der Waals surface area contributed by atoms with Gasteiger partial charge < -0.3 is 10.4 Å². The summed E-state index contributed by atoms with van der Waals surface area (Å²) in [4.78, 5) is 0. The second kappa shape index (κ2) is 5.59. The lowest BCUT2D eigenvalue weighted by molar-refractivity contribution is 0.0438. The number of halogens is 1. The minimum Gasteiger partial charge on any atom is -0.396 e. The predicted molar refractivity (Wildman–Crippen MR) is 75.7 cm³/mol. The maximum absolute atomic E-state index is 13.8. The van der Waals surface area contributed by atoms with Crippen LogP contribution >= 0.6 is 0 Å².